The van der Waals surface area contributed by atoms with Crippen LogP contribution in [0.5, 0.6) is 5.75 Å². The second-order valence-electron chi connectivity index (χ2n) is 2.84. The molecule has 2 aromatic rings. The maximum absolute atomic E-state index is 11.0. The molecule has 14 heavy (non-hydrogen) atoms. The third-order valence-electron chi connectivity index (χ3n) is 1.86. The first-order chi connectivity index (χ1) is 6.77. The highest BCUT2D eigenvalue weighted by Crippen LogP contribution is 2.18. The third-order valence-corrected chi connectivity index (χ3v) is 1.86. The quantitative estimate of drug-likeness (QED) is 0.744. The van der Waals surface area contributed by atoms with Crippen molar-refractivity contribution in [2.45, 2.75) is 0 Å². The van der Waals surface area contributed by atoms with E-state index < -0.39 is 5.63 Å². The highest BCUT2D eigenvalue weighted by molar-refractivity contribution is 5.56. The molecule has 0 unspecified atom stereocenters. The van der Waals surface area contributed by atoms with E-state index >= 15 is 0 Å². The van der Waals surface area contributed by atoms with Gasteiger partial charge in [-0.3, -0.25) is 0 Å². The van der Waals surface area contributed by atoms with Gasteiger partial charge in [0.1, 0.15) is 5.76 Å². The Labute approximate surface area is 80.2 Å². The summed E-state index contributed by atoms with van der Waals surface area (Å²) >= 11 is 0. The van der Waals surface area contributed by atoms with Gasteiger partial charge in [-0.2, -0.15) is 0 Å². The molecule has 0 radical (unpaired) electrons. The van der Waals surface area contributed by atoms with Crippen molar-refractivity contribution in [3.8, 4) is 17.1 Å². The molecule has 0 bridgehead atoms. The first-order valence-electron chi connectivity index (χ1n) is 4.16. The fourth-order valence-corrected chi connectivity index (χ4v) is 1.17. The van der Waals surface area contributed by atoms with Gasteiger partial charge in [-0.1, -0.05) is 30.3 Å². The molecule has 1 aromatic carbocycles. The Morgan fingerprint density at radius 3 is 2.36 bits per heavy atom. The number of hydrogen-bond acceptors (Lipinski definition) is 3. The lowest BCUT2D eigenvalue weighted by atomic mass is 10.2. The largest absolute Gasteiger partial charge is 0.502 e. The molecule has 0 aliphatic carbocycles. The van der Waals surface area contributed by atoms with E-state index in [0.29, 0.717) is 5.76 Å². The van der Waals surface area contributed by atoms with Gasteiger partial charge in [0, 0.05) is 5.56 Å². The number of hydrogen-bond donors (Lipinski definition) is 1. The molecule has 3 heteroatoms. The summed E-state index contributed by atoms with van der Waals surface area (Å²) < 4.78 is 4.89. The Morgan fingerprint density at radius 1 is 1.00 bits per heavy atom. The van der Waals surface area contributed by atoms with Crippen LogP contribution in [-0.4, -0.2) is 5.11 Å². The van der Waals surface area contributed by atoms with Crippen molar-refractivity contribution in [2.24, 2.45) is 0 Å². The third kappa shape index (κ3) is 1.52. The summed E-state index contributed by atoms with van der Waals surface area (Å²) in [6.07, 6.45) is 0. The van der Waals surface area contributed by atoms with Crippen LogP contribution in [-0.2, 0) is 0 Å². The number of rotatable bonds is 1. The lowest BCUT2D eigenvalue weighted by Gasteiger charge is -1.98. The van der Waals surface area contributed by atoms with Crippen LogP contribution in [0.15, 0.2) is 51.7 Å². The Hall–Kier alpha value is -2.03. The van der Waals surface area contributed by atoms with Gasteiger partial charge in [-0.15, -0.1) is 0 Å². The van der Waals surface area contributed by atoms with Crippen molar-refractivity contribution in [1.82, 2.24) is 0 Å². The standard InChI is InChI=1S/C11H8O3/c12-9-6-7-10(14-11(9)13)8-4-2-1-3-5-8/h1-7,12H. The van der Waals surface area contributed by atoms with Crippen LogP contribution in [0.2, 0.25) is 0 Å². The van der Waals surface area contributed by atoms with E-state index in [1.807, 2.05) is 30.3 Å². The van der Waals surface area contributed by atoms with Gasteiger partial charge in [0.2, 0.25) is 5.75 Å². The van der Waals surface area contributed by atoms with Gasteiger partial charge in [0.25, 0.3) is 0 Å². The molecule has 1 N–H and O–H groups in total. The molecule has 0 spiro atoms. The molecule has 3 nitrogen and oxygen atoms in total. The van der Waals surface area contributed by atoms with Crippen molar-refractivity contribution in [1.29, 1.82) is 0 Å². The van der Waals surface area contributed by atoms with Crippen LogP contribution < -0.4 is 5.63 Å². The van der Waals surface area contributed by atoms with Crippen molar-refractivity contribution < 1.29 is 9.52 Å². The van der Waals surface area contributed by atoms with E-state index in [-0.39, 0.29) is 5.75 Å². The molecule has 0 saturated carbocycles. The van der Waals surface area contributed by atoms with E-state index in [1.165, 1.54) is 6.07 Å². The van der Waals surface area contributed by atoms with Gasteiger partial charge >= 0.3 is 5.63 Å². The predicted octanol–water partition coefficient (Wildman–Crippen LogP) is 2.01. The molecule has 0 atom stereocenters. The average molecular weight is 188 g/mol. The van der Waals surface area contributed by atoms with E-state index in [4.69, 9.17) is 9.52 Å². The second-order valence-corrected chi connectivity index (χ2v) is 2.84. The first kappa shape index (κ1) is 8.56. The van der Waals surface area contributed by atoms with Gasteiger partial charge in [-0.25, -0.2) is 4.79 Å². The predicted molar refractivity (Wildman–Crippen MR) is 52.1 cm³/mol. The van der Waals surface area contributed by atoms with E-state index in [2.05, 4.69) is 0 Å². The lowest BCUT2D eigenvalue weighted by Crippen LogP contribution is -1.97. The maximum atomic E-state index is 11.0. The SMILES string of the molecule is O=c1oc(-c2ccccc2)ccc1O. The molecule has 1 aromatic heterocycles. The van der Waals surface area contributed by atoms with E-state index in [0.717, 1.165) is 5.56 Å². The van der Waals surface area contributed by atoms with E-state index in [9.17, 15) is 4.79 Å². The number of benzene rings is 1. The molecule has 0 amide bonds. The average Bonchev–Trinajstić information content (AvgIpc) is 2.23. The summed E-state index contributed by atoms with van der Waals surface area (Å²) in [4.78, 5) is 11.0. The number of aromatic hydroxyl groups is 1. The Kier molecular flexibility index (Phi) is 2.07. The minimum Gasteiger partial charge on any atom is -0.502 e. The fourth-order valence-electron chi connectivity index (χ4n) is 1.17. The van der Waals surface area contributed by atoms with Crippen LogP contribution in [0.25, 0.3) is 11.3 Å². The van der Waals surface area contributed by atoms with Gasteiger partial charge in [0.15, 0.2) is 0 Å². The Balaban J connectivity index is 2.54. The van der Waals surface area contributed by atoms with Crippen molar-refractivity contribution in [2.75, 3.05) is 0 Å². The topological polar surface area (TPSA) is 50.4 Å². The summed E-state index contributed by atoms with van der Waals surface area (Å²) in [6.45, 7) is 0. The fraction of sp³-hybridized carbons (Fsp3) is 0. The smallest absolute Gasteiger partial charge is 0.378 e. The highest BCUT2D eigenvalue weighted by Gasteiger charge is 2.02. The first-order valence-corrected chi connectivity index (χ1v) is 4.16. The van der Waals surface area contributed by atoms with Gasteiger partial charge < -0.3 is 9.52 Å². The summed E-state index contributed by atoms with van der Waals surface area (Å²) in [5, 5.41) is 8.98. The zero-order valence-corrected chi connectivity index (χ0v) is 7.31. The second kappa shape index (κ2) is 3.38. The van der Waals surface area contributed by atoms with Crippen LogP contribution in [0, 0.1) is 0 Å². The molecule has 0 saturated heterocycles. The molecular weight excluding hydrogens is 180 g/mol. The molecular formula is C11H8O3. The van der Waals surface area contributed by atoms with Crippen molar-refractivity contribution in [3.05, 3.63) is 52.9 Å². The monoisotopic (exact) mass is 188 g/mol. The van der Waals surface area contributed by atoms with Crippen LogP contribution in [0.1, 0.15) is 0 Å². The Bertz CT molecular complexity index is 485. The lowest BCUT2D eigenvalue weighted by molar-refractivity contribution is 0.417. The summed E-state index contributed by atoms with van der Waals surface area (Å²) in [5.74, 6) is 0.0816. The normalized spacial score (nSPS) is 10.0. The van der Waals surface area contributed by atoms with Gasteiger partial charge in [-0.05, 0) is 12.1 Å². The molecule has 2 rings (SSSR count). The van der Waals surface area contributed by atoms with E-state index in [1.54, 1.807) is 6.07 Å². The molecule has 0 aliphatic heterocycles. The minimum absolute atomic E-state index is 0.371. The van der Waals surface area contributed by atoms with Gasteiger partial charge in [0.05, 0.1) is 0 Å². The highest BCUT2D eigenvalue weighted by atomic mass is 16.4. The van der Waals surface area contributed by atoms with Crippen LogP contribution in [0.3, 0.4) is 0 Å². The van der Waals surface area contributed by atoms with Crippen LogP contribution >= 0.6 is 0 Å². The van der Waals surface area contributed by atoms with Crippen molar-refractivity contribution >= 4 is 0 Å². The molecule has 0 aliphatic rings. The Morgan fingerprint density at radius 2 is 1.71 bits per heavy atom. The summed E-state index contributed by atoms with van der Waals surface area (Å²) in [6, 6.07) is 12.1. The minimum atomic E-state index is -0.716. The zero-order valence-electron chi connectivity index (χ0n) is 7.31. The maximum Gasteiger partial charge on any atom is 0.378 e. The van der Waals surface area contributed by atoms with Crippen molar-refractivity contribution in [3.63, 3.8) is 0 Å². The molecule has 70 valence electrons. The van der Waals surface area contributed by atoms with Crippen LogP contribution in [0.4, 0.5) is 0 Å². The summed E-state index contributed by atoms with van der Waals surface area (Å²) in [5.41, 5.74) is 0.0935. The summed E-state index contributed by atoms with van der Waals surface area (Å²) in [7, 11) is 0. The molecule has 1 heterocycles. The molecule has 0 fully saturated rings. The zero-order chi connectivity index (χ0) is 9.97.